The summed E-state index contributed by atoms with van der Waals surface area (Å²) in [4.78, 5) is 0. The summed E-state index contributed by atoms with van der Waals surface area (Å²) >= 11 is 0. The van der Waals surface area contributed by atoms with E-state index in [9.17, 15) is 0 Å². The third-order valence-electron chi connectivity index (χ3n) is 3.08. The molecular weight excluding hydrogens is 234 g/mol. The van der Waals surface area contributed by atoms with Crippen LogP contribution in [0.5, 0.6) is 5.75 Å². The van der Waals surface area contributed by atoms with Crippen molar-refractivity contribution in [2.75, 3.05) is 6.54 Å². The first-order chi connectivity index (χ1) is 9.04. The van der Waals surface area contributed by atoms with Gasteiger partial charge < -0.3 is 10.1 Å². The Morgan fingerprint density at radius 2 is 1.79 bits per heavy atom. The van der Waals surface area contributed by atoms with Crippen LogP contribution in [0.2, 0.25) is 0 Å². The summed E-state index contributed by atoms with van der Waals surface area (Å²) in [6.45, 7) is 17.3. The molecule has 104 valence electrons. The highest BCUT2D eigenvalue weighted by molar-refractivity contribution is 5.83. The normalized spacial score (nSPS) is 13.3. The highest BCUT2D eigenvalue weighted by Crippen LogP contribution is 2.39. The Morgan fingerprint density at radius 3 is 2.37 bits per heavy atom. The van der Waals surface area contributed by atoms with Crippen molar-refractivity contribution in [3.63, 3.8) is 0 Å². The Bertz CT molecular complexity index is 512. The van der Waals surface area contributed by atoms with Gasteiger partial charge in [-0.05, 0) is 50.5 Å². The van der Waals surface area contributed by atoms with E-state index in [4.69, 9.17) is 4.74 Å². The Kier molecular flexibility index (Phi) is 5.22. The van der Waals surface area contributed by atoms with E-state index < -0.39 is 0 Å². The van der Waals surface area contributed by atoms with Gasteiger partial charge in [-0.25, -0.2) is 0 Å². The maximum absolute atomic E-state index is 5.95. The van der Waals surface area contributed by atoms with E-state index in [1.807, 2.05) is 20.8 Å². The van der Waals surface area contributed by atoms with Crippen LogP contribution in [0.15, 0.2) is 30.2 Å². The molecule has 0 saturated heterocycles. The minimum atomic E-state index is 0.831. The molecule has 0 saturated carbocycles. The molecule has 0 fully saturated rings. The maximum Gasteiger partial charge on any atom is 0.197 e. The van der Waals surface area contributed by atoms with Crippen molar-refractivity contribution < 1.29 is 4.74 Å². The molecule has 0 amide bonds. The van der Waals surface area contributed by atoms with Crippen LogP contribution < -0.4 is 10.1 Å². The van der Waals surface area contributed by atoms with Crippen LogP contribution in [0.25, 0.3) is 5.57 Å². The number of fused-ring (bicyclic) bond motifs is 1. The van der Waals surface area contributed by atoms with Gasteiger partial charge >= 0.3 is 0 Å². The smallest absolute Gasteiger partial charge is 0.197 e. The van der Waals surface area contributed by atoms with Crippen LogP contribution in [-0.2, 0) is 0 Å². The zero-order valence-electron chi connectivity index (χ0n) is 13.0. The summed E-state index contributed by atoms with van der Waals surface area (Å²) in [6.07, 6.45) is 0. The number of hydrogen-bond acceptors (Lipinski definition) is 2. The van der Waals surface area contributed by atoms with E-state index in [-0.39, 0.29) is 0 Å². The standard InChI is InChI=1S/C15H19NO.C2H6/c1-6-16-15-12(5)11(4)13-8-9(2)7-10(3)14(13)17-15;1-2/h7-8,16H,4,6H2,1-3,5H3;1-2H3. The molecule has 2 rings (SSSR count). The van der Waals surface area contributed by atoms with E-state index in [0.717, 1.165) is 40.5 Å². The second-order valence-corrected chi connectivity index (χ2v) is 4.52. The fourth-order valence-electron chi connectivity index (χ4n) is 2.16. The predicted molar refractivity (Wildman–Crippen MR) is 83.3 cm³/mol. The van der Waals surface area contributed by atoms with Gasteiger partial charge in [-0.2, -0.15) is 0 Å². The van der Waals surface area contributed by atoms with Crippen molar-refractivity contribution >= 4 is 5.57 Å². The lowest BCUT2D eigenvalue weighted by atomic mass is 9.94. The molecule has 1 aliphatic heterocycles. The van der Waals surface area contributed by atoms with Crippen LogP contribution in [-0.4, -0.2) is 6.54 Å². The SMILES string of the molecule is C=C1C(C)=C(NCC)Oc2c(C)cc(C)cc21.CC. The van der Waals surface area contributed by atoms with E-state index in [1.54, 1.807) is 0 Å². The van der Waals surface area contributed by atoms with E-state index in [2.05, 4.69) is 44.8 Å². The summed E-state index contributed by atoms with van der Waals surface area (Å²) in [5.74, 6) is 1.76. The van der Waals surface area contributed by atoms with Crippen LogP contribution in [0.4, 0.5) is 0 Å². The summed E-state index contributed by atoms with van der Waals surface area (Å²) in [6, 6.07) is 4.27. The Hall–Kier alpha value is -1.70. The van der Waals surface area contributed by atoms with Crippen LogP contribution in [0.1, 0.15) is 44.4 Å². The average Bonchev–Trinajstić information content (AvgIpc) is 2.39. The molecule has 1 N–H and O–H groups in total. The highest BCUT2D eigenvalue weighted by Gasteiger charge is 2.22. The van der Waals surface area contributed by atoms with E-state index >= 15 is 0 Å². The molecule has 0 atom stereocenters. The minimum absolute atomic E-state index is 0.831. The predicted octanol–water partition coefficient (Wildman–Crippen LogP) is 4.58. The van der Waals surface area contributed by atoms with Crippen molar-refractivity contribution in [2.45, 2.75) is 41.5 Å². The van der Waals surface area contributed by atoms with Crippen molar-refractivity contribution in [2.24, 2.45) is 0 Å². The fourth-order valence-corrected chi connectivity index (χ4v) is 2.16. The molecule has 0 aromatic heterocycles. The first-order valence-electron chi connectivity index (χ1n) is 6.98. The molecule has 0 spiro atoms. The van der Waals surface area contributed by atoms with Gasteiger partial charge in [0, 0.05) is 17.7 Å². The van der Waals surface area contributed by atoms with Gasteiger partial charge in [0.2, 0.25) is 0 Å². The molecule has 0 aliphatic carbocycles. The van der Waals surface area contributed by atoms with Crippen molar-refractivity contribution in [1.82, 2.24) is 5.32 Å². The number of aryl methyl sites for hydroxylation is 2. The summed E-state index contributed by atoms with van der Waals surface area (Å²) in [5.41, 5.74) is 5.65. The number of ether oxygens (including phenoxy) is 1. The lowest BCUT2D eigenvalue weighted by Crippen LogP contribution is -2.22. The number of hydrogen-bond donors (Lipinski definition) is 1. The summed E-state index contributed by atoms with van der Waals surface area (Å²) in [7, 11) is 0. The molecule has 2 nitrogen and oxygen atoms in total. The van der Waals surface area contributed by atoms with Gasteiger partial charge in [-0.3, -0.25) is 0 Å². The number of nitrogens with one attached hydrogen (secondary N) is 1. The Balaban J connectivity index is 0.000000861. The van der Waals surface area contributed by atoms with E-state index in [0.29, 0.717) is 0 Å². The topological polar surface area (TPSA) is 21.3 Å². The molecule has 19 heavy (non-hydrogen) atoms. The van der Waals surface area contributed by atoms with Crippen molar-refractivity contribution in [1.29, 1.82) is 0 Å². The average molecular weight is 259 g/mol. The largest absolute Gasteiger partial charge is 0.440 e. The third-order valence-corrected chi connectivity index (χ3v) is 3.08. The molecular formula is C17H25NO. The van der Waals surface area contributed by atoms with Gasteiger partial charge in [0.1, 0.15) is 5.75 Å². The van der Waals surface area contributed by atoms with E-state index in [1.165, 1.54) is 5.56 Å². The quantitative estimate of drug-likeness (QED) is 0.839. The number of benzene rings is 1. The number of allylic oxidation sites excluding steroid dienone is 2. The molecule has 0 unspecified atom stereocenters. The molecule has 0 radical (unpaired) electrons. The zero-order valence-corrected chi connectivity index (χ0v) is 13.0. The molecule has 1 aliphatic rings. The van der Waals surface area contributed by atoms with Gasteiger partial charge in [0.15, 0.2) is 5.88 Å². The molecule has 2 heteroatoms. The second-order valence-electron chi connectivity index (χ2n) is 4.52. The third kappa shape index (κ3) is 3.01. The van der Waals surface area contributed by atoms with Gasteiger partial charge in [0.05, 0.1) is 0 Å². The lowest BCUT2D eigenvalue weighted by Gasteiger charge is -2.25. The van der Waals surface area contributed by atoms with Gasteiger partial charge in [-0.15, -0.1) is 0 Å². The summed E-state index contributed by atoms with van der Waals surface area (Å²) < 4.78 is 5.95. The van der Waals surface area contributed by atoms with Crippen molar-refractivity contribution in [3.8, 4) is 5.75 Å². The van der Waals surface area contributed by atoms with Crippen LogP contribution in [0, 0.1) is 13.8 Å². The molecule has 1 heterocycles. The lowest BCUT2D eigenvalue weighted by molar-refractivity contribution is 0.371. The first-order valence-corrected chi connectivity index (χ1v) is 6.98. The van der Waals surface area contributed by atoms with Crippen LogP contribution in [0.3, 0.4) is 0 Å². The Morgan fingerprint density at radius 1 is 1.16 bits per heavy atom. The first kappa shape index (κ1) is 15.4. The fraction of sp³-hybridized carbons (Fsp3) is 0.412. The van der Waals surface area contributed by atoms with Crippen molar-refractivity contribution in [3.05, 3.63) is 46.9 Å². The van der Waals surface area contributed by atoms with Crippen LogP contribution >= 0.6 is 0 Å². The highest BCUT2D eigenvalue weighted by atomic mass is 16.5. The molecule has 0 bridgehead atoms. The van der Waals surface area contributed by atoms with Gasteiger partial charge in [-0.1, -0.05) is 26.5 Å². The maximum atomic E-state index is 5.95. The second kappa shape index (κ2) is 6.46. The minimum Gasteiger partial charge on any atom is -0.440 e. The Labute approximate surface area is 117 Å². The molecule has 1 aromatic rings. The number of rotatable bonds is 2. The summed E-state index contributed by atoms with van der Waals surface area (Å²) in [5, 5.41) is 3.24. The van der Waals surface area contributed by atoms with Gasteiger partial charge in [0.25, 0.3) is 0 Å². The molecule has 1 aromatic carbocycles. The zero-order chi connectivity index (χ0) is 14.6. The monoisotopic (exact) mass is 259 g/mol.